The lowest BCUT2D eigenvalue weighted by Gasteiger charge is -2.35. The van der Waals surface area contributed by atoms with E-state index in [1.807, 2.05) is 0 Å². The van der Waals surface area contributed by atoms with E-state index in [-0.39, 0.29) is 34.6 Å². The Hall–Kier alpha value is -2.67. The number of halogens is 5. The number of carbonyl (C=O) groups excluding carboxylic acids is 2. The molecule has 1 aliphatic rings. The molecule has 4 rings (SSSR count). The van der Waals surface area contributed by atoms with E-state index in [1.165, 1.54) is 30.3 Å². The maximum absolute atomic E-state index is 13.0. The standard InChI is InChI=1S/C20H15Cl2F3N4O4S/c21-11-5-10(6-12(22)7-11)18(31)29-3-4-32-9-13(29)8-26-17(30)15-2-1-14(34-15)16-27-19(33-28-16)20(23,24)25/h1-2,5-7,13H,3-4,8-9H2,(H,26,30). The molecule has 3 aromatic rings. The number of benzene rings is 1. The summed E-state index contributed by atoms with van der Waals surface area (Å²) in [5.74, 6) is -2.51. The molecule has 1 saturated heterocycles. The lowest BCUT2D eigenvalue weighted by atomic mass is 10.1. The lowest BCUT2D eigenvalue weighted by Crippen LogP contribution is -2.53. The van der Waals surface area contributed by atoms with Gasteiger partial charge < -0.3 is 19.5 Å². The van der Waals surface area contributed by atoms with Crippen molar-refractivity contribution in [1.82, 2.24) is 20.4 Å². The lowest BCUT2D eigenvalue weighted by molar-refractivity contribution is -0.159. The molecule has 0 saturated carbocycles. The molecule has 2 aromatic heterocycles. The van der Waals surface area contributed by atoms with E-state index in [0.29, 0.717) is 28.8 Å². The molecule has 1 fully saturated rings. The highest BCUT2D eigenvalue weighted by molar-refractivity contribution is 7.17. The van der Waals surface area contributed by atoms with Gasteiger partial charge in [-0.3, -0.25) is 9.59 Å². The summed E-state index contributed by atoms with van der Waals surface area (Å²) < 4.78 is 47.6. The maximum Gasteiger partial charge on any atom is 0.471 e. The summed E-state index contributed by atoms with van der Waals surface area (Å²) in [7, 11) is 0. The summed E-state index contributed by atoms with van der Waals surface area (Å²) in [5.41, 5.74) is 0.317. The van der Waals surface area contributed by atoms with Gasteiger partial charge in [-0.15, -0.1) is 11.3 Å². The first-order valence-corrected chi connectivity index (χ1v) is 11.3. The first kappa shape index (κ1) is 24.5. The van der Waals surface area contributed by atoms with E-state index in [9.17, 15) is 22.8 Å². The van der Waals surface area contributed by atoms with Crippen LogP contribution in [0.3, 0.4) is 0 Å². The maximum atomic E-state index is 13.0. The van der Waals surface area contributed by atoms with E-state index >= 15 is 0 Å². The van der Waals surface area contributed by atoms with Gasteiger partial charge in [0.1, 0.15) is 0 Å². The zero-order chi connectivity index (χ0) is 24.5. The molecule has 14 heteroatoms. The topological polar surface area (TPSA) is 97.6 Å². The minimum atomic E-state index is -4.76. The van der Waals surface area contributed by atoms with E-state index in [0.717, 1.165) is 11.3 Å². The number of hydrogen-bond acceptors (Lipinski definition) is 7. The van der Waals surface area contributed by atoms with Gasteiger partial charge in [0.2, 0.25) is 5.82 Å². The van der Waals surface area contributed by atoms with Crippen LogP contribution in [0.2, 0.25) is 10.0 Å². The molecule has 3 heterocycles. The van der Waals surface area contributed by atoms with E-state index in [2.05, 4.69) is 20.0 Å². The van der Waals surface area contributed by atoms with Crippen molar-refractivity contribution in [3.8, 4) is 10.7 Å². The minimum absolute atomic E-state index is 0.0898. The van der Waals surface area contributed by atoms with Gasteiger partial charge in [-0.05, 0) is 30.3 Å². The van der Waals surface area contributed by atoms with E-state index in [4.69, 9.17) is 27.9 Å². The number of nitrogens with zero attached hydrogens (tertiary/aromatic N) is 3. The molecule has 0 radical (unpaired) electrons. The van der Waals surface area contributed by atoms with Crippen LogP contribution in [0, 0.1) is 0 Å². The molecule has 1 aromatic carbocycles. The van der Waals surface area contributed by atoms with Crippen molar-refractivity contribution in [2.45, 2.75) is 12.2 Å². The molecule has 1 aliphatic heterocycles. The molecular weight excluding hydrogens is 520 g/mol. The predicted octanol–water partition coefficient (Wildman–Crippen LogP) is 4.39. The van der Waals surface area contributed by atoms with Gasteiger partial charge in [-0.1, -0.05) is 28.4 Å². The molecule has 1 N–H and O–H groups in total. The molecule has 0 spiro atoms. The van der Waals surface area contributed by atoms with Crippen molar-refractivity contribution in [3.05, 3.63) is 56.7 Å². The van der Waals surface area contributed by atoms with Crippen molar-refractivity contribution in [2.24, 2.45) is 0 Å². The van der Waals surface area contributed by atoms with Crippen LogP contribution in [0.25, 0.3) is 10.7 Å². The van der Waals surface area contributed by atoms with Crippen LogP contribution in [-0.2, 0) is 10.9 Å². The fourth-order valence-corrected chi connectivity index (χ4v) is 4.63. The second-order valence-electron chi connectivity index (χ2n) is 7.18. The fourth-order valence-electron chi connectivity index (χ4n) is 3.25. The van der Waals surface area contributed by atoms with Crippen LogP contribution < -0.4 is 5.32 Å². The van der Waals surface area contributed by atoms with Crippen LogP contribution in [0.4, 0.5) is 13.2 Å². The third kappa shape index (κ3) is 5.52. The van der Waals surface area contributed by atoms with Crippen molar-refractivity contribution in [1.29, 1.82) is 0 Å². The minimum Gasteiger partial charge on any atom is -0.377 e. The molecule has 2 amide bonds. The second-order valence-corrected chi connectivity index (χ2v) is 9.14. The zero-order valence-corrected chi connectivity index (χ0v) is 19.4. The zero-order valence-electron chi connectivity index (χ0n) is 17.1. The molecule has 1 atom stereocenters. The van der Waals surface area contributed by atoms with Crippen molar-refractivity contribution in [2.75, 3.05) is 26.3 Å². The van der Waals surface area contributed by atoms with Gasteiger partial charge in [-0.2, -0.15) is 18.2 Å². The molecule has 180 valence electrons. The molecule has 0 bridgehead atoms. The fraction of sp³-hybridized carbons (Fsp3) is 0.300. The summed E-state index contributed by atoms with van der Waals surface area (Å²) in [6.07, 6.45) is -4.76. The SMILES string of the molecule is O=C(NCC1COCCN1C(=O)c1cc(Cl)cc(Cl)c1)c1ccc(-c2noc(C(F)(F)F)n2)s1. The van der Waals surface area contributed by atoms with Gasteiger partial charge in [-0.25, -0.2) is 0 Å². The van der Waals surface area contributed by atoms with Crippen molar-refractivity contribution in [3.63, 3.8) is 0 Å². The highest BCUT2D eigenvalue weighted by atomic mass is 35.5. The Balaban J connectivity index is 1.41. The second kappa shape index (κ2) is 9.90. The van der Waals surface area contributed by atoms with Crippen LogP contribution in [-0.4, -0.2) is 59.2 Å². The Kier molecular flexibility index (Phi) is 7.12. The van der Waals surface area contributed by atoms with Crippen LogP contribution >= 0.6 is 34.5 Å². The number of carbonyl (C=O) groups is 2. The highest BCUT2D eigenvalue weighted by Gasteiger charge is 2.38. The third-order valence-electron chi connectivity index (χ3n) is 4.81. The molecular formula is C20H15Cl2F3N4O4S. The predicted molar refractivity (Wildman–Crippen MR) is 117 cm³/mol. The van der Waals surface area contributed by atoms with E-state index in [1.54, 1.807) is 4.90 Å². The van der Waals surface area contributed by atoms with Crippen molar-refractivity contribution >= 4 is 46.4 Å². The number of hydrogen-bond donors (Lipinski definition) is 1. The highest BCUT2D eigenvalue weighted by Crippen LogP contribution is 2.31. The molecule has 1 unspecified atom stereocenters. The number of alkyl halides is 3. The summed E-state index contributed by atoms with van der Waals surface area (Å²) >= 11 is 12.9. The Morgan fingerprint density at radius 2 is 1.94 bits per heavy atom. The van der Waals surface area contributed by atoms with Crippen LogP contribution in [0.1, 0.15) is 25.9 Å². The number of rotatable bonds is 5. The average molecular weight is 535 g/mol. The Morgan fingerprint density at radius 1 is 1.21 bits per heavy atom. The van der Waals surface area contributed by atoms with Gasteiger partial charge in [0.15, 0.2) is 0 Å². The number of amides is 2. The Labute approximate surface area is 204 Å². The van der Waals surface area contributed by atoms with Gasteiger partial charge in [0.05, 0.1) is 29.0 Å². The van der Waals surface area contributed by atoms with Gasteiger partial charge in [0, 0.05) is 28.7 Å². The van der Waals surface area contributed by atoms with Crippen molar-refractivity contribution < 1.29 is 32.0 Å². The molecule has 8 nitrogen and oxygen atoms in total. The first-order chi connectivity index (χ1) is 16.1. The number of thiophene rings is 1. The quantitative estimate of drug-likeness (QED) is 0.521. The summed E-state index contributed by atoms with van der Waals surface area (Å²) in [4.78, 5) is 31.0. The smallest absolute Gasteiger partial charge is 0.377 e. The monoisotopic (exact) mass is 534 g/mol. The van der Waals surface area contributed by atoms with Crippen LogP contribution in [0.15, 0.2) is 34.9 Å². The largest absolute Gasteiger partial charge is 0.471 e. The summed E-state index contributed by atoms with van der Waals surface area (Å²) in [5, 5.41) is 6.68. The Bertz CT molecular complexity index is 1200. The Morgan fingerprint density at radius 3 is 2.62 bits per heavy atom. The number of aromatic nitrogens is 2. The number of nitrogens with one attached hydrogen (secondary N) is 1. The number of ether oxygens (including phenoxy) is 1. The normalized spacial score (nSPS) is 16.5. The summed E-state index contributed by atoms with van der Waals surface area (Å²) in [6.45, 7) is 0.945. The molecule has 0 aliphatic carbocycles. The average Bonchev–Trinajstić information content (AvgIpc) is 3.46. The van der Waals surface area contributed by atoms with Crippen LogP contribution in [0.5, 0.6) is 0 Å². The molecule has 34 heavy (non-hydrogen) atoms. The van der Waals surface area contributed by atoms with E-state index < -0.39 is 24.0 Å². The van der Waals surface area contributed by atoms with Gasteiger partial charge >= 0.3 is 12.1 Å². The first-order valence-electron chi connectivity index (χ1n) is 9.76. The van der Waals surface area contributed by atoms with Gasteiger partial charge in [0.25, 0.3) is 11.8 Å². The third-order valence-corrected chi connectivity index (χ3v) is 6.33. The number of morpholine rings is 1. The summed E-state index contributed by atoms with van der Waals surface area (Å²) in [6, 6.07) is 6.95.